The Labute approximate surface area is 268 Å². The fourth-order valence-electron chi connectivity index (χ4n) is 4.56. The number of hydrogen-bond donors (Lipinski definition) is 0. The van der Waals surface area contributed by atoms with E-state index >= 15 is 0 Å². The zero-order valence-electron chi connectivity index (χ0n) is 29.7. The van der Waals surface area contributed by atoms with E-state index < -0.39 is 0 Å². The van der Waals surface area contributed by atoms with E-state index in [1.807, 2.05) is 19.9 Å². The second kappa shape index (κ2) is 26.5. The summed E-state index contributed by atoms with van der Waals surface area (Å²) in [5, 5.41) is 0. The summed E-state index contributed by atoms with van der Waals surface area (Å²) in [6.07, 6.45) is 18.6. The molecule has 1 aliphatic heterocycles. The quantitative estimate of drug-likeness (QED) is 0.210. The highest BCUT2D eigenvalue weighted by molar-refractivity contribution is 5.74. The standard InChI is InChI=1S/C17H27N.C14H18.C7H12.C2H6.C2H2/c1-3-16-10-13-18(14-11-16)12-9-15(2)17-7-5-4-6-8-17;1-5-11(2)10-13(4)14-9-7-6-8-12(14)3;1-5-7(4)6(2)3;2*1-2/h4-8,15-16H,3,9-14H2,1-2H3;6-10H,4-5H2,1-3H3;5H,1H2,2-4H3;1-2H3;1-2H/b;11-10-;;;. The summed E-state index contributed by atoms with van der Waals surface area (Å²) in [5.41, 5.74) is 9.13. The third-order valence-electron chi connectivity index (χ3n) is 8.10. The lowest BCUT2D eigenvalue weighted by atomic mass is 9.93. The summed E-state index contributed by atoms with van der Waals surface area (Å²) in [6, 6.07) is 19.3. The minimum atomic E-state index is 0.690. The van der Waals surface area contributed by atoms with Gasteiger partial charge < -0.3 is 4.90 Å². The number of benzene rings is 2. The maximum atomic E-state index is 4.10. The molecule has 0 aromatic heterocycles. The van der Waals surface area contributed by atoms with Gasteiger partial charge in [-0.15, -0.1) is 12.8 Å². The number of nitrogens with zero attached hydrogens (tertiary/aromatic N) is 1. The molecule has 0 bridgehead atoms. The first-order valence-corrected chi connectivity index (χ1v) is 16.4. The van der Waals surface area contributed by atoms with Crippen molar-refractivity contribution in [3.05, 3.63) is 113 Å². The minimum Gasteiger partial charge on any atom is -0.303 e. The highest BCUT2D eigenvalue weighted by atomic mass is 15.1. The highest BCUT2D eigenvalue weighted by Gasteiger charge is 2.18. The Morgan fingerprint density at radius 3 is 1.91 bits per heavy atom. The predicted molar refractivity (Wildman–Crippen MR) is 199 cm³/mol. The molecular formula is C42H65N. The van der Waals surface area contributed by atoms with Crippen molar-refractivity contribution in [2.75, 3.05) is 19.6 Å². The van der Waals surface area contributed by atoms with Crippen LogP contribution in [0.1, 0.15) is 117 Å². The van der Waals surface area contributed by atoms with Crippen LogP contribution in [0.15, 0.2) is 96.6 Å². The summed E-state index contributed by atoms with van der Waals surface area (Å²) in [4.78, 5) is 2.66. The molecule has 43 heavy (non-hydrogen) atoms. The van der Waals surface area contributed by atoms with Crippen LogP contribution in [-0.4, -0.2) is 24.5 Å². The molecule has 2 aromatic rings. The molecule has 1 aliphatic rings. The van der Waals surface area contributed by atoms with Gasteiger partial charge in [-0.2, -0.15) is 0 Å². The monoisotopic (exact) mass is 584 g/mol. The highest BCUT2D eigenvalue weighted by Crippen LogP contribution is 2.23. The van der Waals surface area contributed by atoms with Gasteiger partial charge in [0.2, 0.25) is 0 Å². The van der Waals surface area contributed by atoms with Crippen LogP contribution >= 0.6 is 0 Å². The van der Waals surface area contributed by atoms with E-state index in [1.165, 1.54) is 78.7 Å². The Kier molecular flexibility index (Phi) is 26.0. The zero-order valence-corrected chi connectivity index (χ0v) is 29.7. The lowest BCUT2D eigenvalue weighted by molar-refractivity contribution is 0.177. The topological polar surface area (TPSA) is 3.24 Å². The van der Waals surface area contributed by atoms with E-state index in [1.54, 1.807) is 0 Å². The molecular weight excluding hydrogens is 518 g/mol. The molecule has 0 spiro atoms. The van der Waals surface area contributed by atoms with Crippen LogP contribution in [0.2, 0.25) is 0 Å². The maximum Gasteiger partial charge on any atom is -0.00130 e. The van der Waals surface area contributed by atoms with Gasteiger partial charge in [0.05, 0.1) is 0 Å². The van der Waals surface area contributed by atoms with Gasteiger partial charge in [0, 0.05) is 0 Å². The van der Waals surface area contributed by atoms with Gasteiger partial charge in [0.15, 0.2) is 0 Å². The van der Waals surface area contributed by atoms with Gasteiger partial charge in [-0.05, 0) is 114 Å². The van der Waals surface area contributed by atoms with Crippen molar-refractivity contribution in [3.63, 3.8) is 0 Å². The molecule has 0 saturated carbocycles. The van der Waals surface area contributed by atoms with Gasteiger partial charge in [-0.25, -0.2) is 0 Å². The average molecular weight is 584 g/mol. The van der Waals surface area contributed by atoms with Crippen LogP contribution in [-0.2, 0) is 0 Å². The van der Waals surface area contributed by atoms with Crippen LogP contribution in [0, 0.1) is 25.7 Å². The molecule has 3 rings (SSSR count). The fourth-order valence-corrected chi connectivity index (χ4v) is 4.56. The smallest absolute Gasteiger partial charge is 0.00130 e. The molecule has 1 atom stereocenters. The van der Waals surface area contributed by atoms with Crippen LogP contribution in [0.25, 0.3) is 5.57 Å². The largest absolute Gasteiger partial charge is 0.303 e. The SMILES string of the molecule is C#C.C=C(/C=C(/C)CC)c1ccccc1C.C=CC(C)=C(C)C.CC.CCC1CCN(CCC(C)c2ccccc2)CC1. The van der Waals surface area contributed by atoms with Crippen molar-refractivity contribution in [1.82, 2.24) is 4.90 Å². The second-order valence-electron chi connectivity index (χ2n) is 11.4. The van der Waals surface area contributed by atoms with Crippen LogP contribution in [0.5, 0.6) is 0 Å². The number of piperidine rings is 1. The van der Waals surface area contributed by atoms with E-state index in [0.29, 0.717) is 5.92 Å². The Balaban J connectivity index is 0. The first kappa shape index (κ1) is 42.1. The number of likely N-dealkylation sites (tertiary alicyclic amines) is 1. The first-order chi connectivity index (χ1) is 20.6. The summed E-state index contributed by atoms with van der Waals surface area (Å²) >= 11 is 0. The van der Waals surface area contributed by atoms with Gasteiger partial charge in [-0.1, -0.05) is 138 Å². The molecule has 1 heteroatoms. The number of terminal acetylenes is 1. The van der Waals surface area contributed by atoms with Crippen LogP contribution in [0.4, 0.5) is 0 Å². The Bertz CT molecular complexity index is 1070. The average Bonchev–Trinajstić information content (AvgIpc) is 3.06. The van der Waals surface area contributed by atoms with Crippen molar-refractivity contribution >= 4 is 5.57 Å². The van der Waals surface area contributed by atoms with E-state index in [9.17, 15) is 0 Å². The predicted octanol–water partition coefficient (Wildman–Crippen LogP) is 12.5. The summed E-state index contributed by atoms with van der Waals surface area (Å²) in [6.45, 7) is 33.0. The third-order valence-corrected chi connectivity index (χ3v) is 8.10. The minimum absolute atomic E-state index is 0.690. The van der Waals surface area contributed by atoms with Gasteiger partial charge in [-0.3, -0.25) is 0 Å². The van der Waals surface area contributed by atoms with Crippen LogP contribution in [0.3, 0.4) is 0 Å². The van der Waals surface area contributed by atoms with E-state index in [2.05, 4.69) is 147 Å². The van der Waals surface area contributed by atoms with E-state index in [0.717, 1.165) is 17.9 Å². The Morgan fingerprint density at radius 1 is 0.930 bits per heavy atom. The lowest BCUT2D eigenvalue weighted by Gasteiger charge is -2.32. The Morgan fingerprint density at radius 2 is 1.47 bits per heavy atom. The van der Waals surface area contributed by atoms with Crippen LogP contribution < -0.4 is 0 Å². The van der Waals surface area contributed by atoms with E-state index in [4.69, 9.17) is 0 Å². The summed E-state index contributed by atoms with van der Waals surface area (Å²) in [5.74, 6) is 1.68. The van der Waals surface area contributed by atoms with Crippen molar-refractivity contribution < 1.29 is 0 Å². The molecule has 238 valence electrons. The molecule has 0 amide bonds. The normalized spacial score (nSPS) is 13.5. The van der Waals surface area contributed by atoms with Gasteiger partial charge >= 0.3 is 0 Å². The van der Waals surface area contributed by atoms with Crippen molar-refractivity contribution in [3.8, 4) is 12.8 Å². The molecule has 0 radical (unpaired) electrons. The van der Waals surface area contributed by atoms with E-state index in [-0.39, 0.29) is 0 Å². The molecule has 1 heterocycles. The molecule has 2 aromatic carbocycles. The second-order valence-corrected chi connectivity index (χ2v) is 11.4. The Hall–Kier alpha value is -3.08. The zero-order chi connectivity index (χ0) is 33.2. The molecule has 0 N–H and O–H groups in total. The molecule has 1 nitrogen and oxygen atoms in total. The molecule has 0 aliphatic carbocycles. The maximum absolute atomic E-state index is 4.10. The number of hydrogen-bond acceptors (Lipinski definition) is 1. The first-order valence-electron chi connectivity index (χ1n) is 16.4. The number of allylic oxidation sites excluding steroid dienone is 6. The van der Waals surface area contributed by atoms with Crippen molar-refractivity contribution in [2.24, 2.45) is 5.92 Å². The third kappa shape index (κ3) is 18.9. The van der Waals surface area contributed by atoms with Gasteiger partial charge in [0.1, 0.15) is 0 Å². The van der Waals surface area contributed by atoms with Gasteiger partial charge in [0.25, 0.3) is 0 Å². The van der Waals surface area contributed by atoms with Crippen molar-refractivity contribution in [2.45, 2.75) is 107 Å². The molecule has 1 unspecified atom stereocenters. The number of aryl methyl sites for hydroxylation is 1. The molecule has 1 fully saturated rings. The fraction of sp³-hybridized carbons (Fsp3) is 0.476. The molecule has 1 saturated heterocycles. The lowest BCUT2D eigenvalue weighted by Crippen LogP contribution is -2.34. The van der Waals surface area contributed by atoms with Crippen molar-refractivity contribution in [1.29, 1.82) is 0 Å². The number of rotatable bonds is 9. The summed E-state index contributed by atoms with van der Waals surface area (Å²) in [7, 11) is 0. The summed E-state index contributed by atoms with van der Waals surface area (Å²) < 4.78 is 0.